The summed E-state index contributed by atoms with van der Waals surface area (Å²) in [6.45, 7) is 5.52. The minimum absolute atomic E-state index is 0.144. The molecule has 17 heavy (non-hydrogen) atoms. The fraction of sp³-hybridized carbons (Fsp3) is 0.500. The van der Waals surface area contributed by atoms with Crippen molar-refractivity contribution in [3.05, 3.63) is 29.8 Å². The summed E-state index contributed by atoms with van der Waals surface area (Å²) in [5, 5.41) is 0. The molecule has 1 aromatic carbocycles. The first-order valence-electron chi connectivity index (χ1n) is 5.64. The zero-order valence-electron chi connectivity index (χ0n) is 10.5. The lowest BCUT2D eigenvalue weighted by Gasteiger charge is -2.26. The van der Waals surface area contributed by atoms with Crippen LogP contribution in [0.15, 0.2) is 24.3 Å². The zero-order chi connectivity index (χ0) is 13.1. The minimum Gasteiger partial charge on any atom is -0.399 e. The highest BCUT2D eigenvalue weighted by atomic mass is 32.2. The Morgan fingerprint density at radius 1 is 1.24 bits per heavy atom. The lowest BCUT2D eigenvalue weighted by molar-refractivity contribution is 0.472. The molecule has 1 aromatic rings. The number of sulfonamides is 1. The van der Waals surface area contributed by atoms with Gasteiger partial charge in [-0.3, -0.25) is 0 Å². The predicted molar refractivity (Wildman–Crippen MR) is 71.1 cm³/mol. The van der Waals surface area contributed by atoms with Crippen LogP contribution in [0.2, 0.25) is 0 Å². The van der Waals surface area contributed by atoms with Crippen LogP contribution in [-0.2, 0) is 15.6 Å². The second-order valence-electron chi connectivity index (χ2n) is 4.67. The van der Waals surface area contributed by atoms with Gasteiger partial charge in [-0.2, -0.15) is 0 Å². The summed E-state index contributed by atoms with van der Waals surface area (Å²) < 4.78 is 26.2. The second-order valence-corrected chi connectivity index (χ2v) is 6.51. The third kappa shape index (κ3) is 4.02. The Balaban J connectivity index is 2.92. The Hall–Kier alpha value is -1.07. The van der Waals surface area contributed by atoms with E-state index in [4.69, 9.17) is 5.73 Å². The molecule has 0 spiro atoms. The Bertz CT molecular complexity index is 464. The van der Waals surface area contributed by atoms with Crippen LogP contribution in [0.25, 0.3) is 0 Å². The van der Waals surface area contributed by atoms with Crippen molar-refractivity contribution < 1.29 is 8.42 Å². The maximum Gasteiger partial charge on any atom is 0.212 e. The van der Waals surface area contributed by atoms with Gasteiger partial charge in [0.2, 0.25) is 10.0 Å². The Kier molecular flexibility index (Phi) is 4.16. The van der Waals surface area contributed by atoms with E-state index in [-0.39, 0.29) is 5.75 Å². The molecule has 4 nitrogen and oxygen atoms in total. The molecule has 1 rings (SSSR count). The van der Waals surface area contributed by atoms with Crippen molar-refractivity contribution in [3.63, 3.8) is 0 Å². The third-order valence-electron chi connectivity index (χ3n) is 2.52. The zero-order valence-corrected chi connectivity index (χ0v) is 11.3. The van der Waals surface area contributed by atoms with Gasteiger partial charge in [-0.05, 0) is 38.0 Å². The molecule has 0 amide bonds. The molecule has 0 aliphatic heterocycles. The van der Waals surface area contributed by atoms with Gasteiger partial charge in [0.25, 0.3) is 0 Å². The lowest BCUT2D eigenvalue weighted by Crippen LogP contribution is -2.41. The highest BCUT2D eigenvalue weighted by molar-refractivity contribution is 7.89. The summed E-state index contributed by atoms with van der Waals surface area (Å²) in [4.78, 5) is 0. The normalized spacial score (nSPS) is 12.6. The van der Waals surface area contributed by atoms with E-state index in [1.807, 2.05) is 32.9 Å². The number of nitrogens with one attached hydrogen (secondary N) is 1. The molecule has 0 unspecified atom stereocenters. The first-order chi connectivity index (χ1) is 7.77. The summed E-state index contributed by atoms with van der Waals surface area (Å²) in [7, 11) is -3.23. The Morgan fingerprint density at radius 3 is 2.24 bits per heavy atom. The SMILES string of the molecule is CCCS(=O)(=O)NC(C)(C)c1ccc(N)cc1. The van der Waals surface area contributed by atoms with Gasteiger partial charge in [-0.1, -0.05) is 19.1 Å². The van der Waals surface area contributed by atoms with Crippen LogP contribution < -0.4 is 10.5 Å². The largest absolute Gasteiger partial charge is 0.399 e. The smallest absolute Gasteiger partial charge is 0.212 e. The van der Waals surface area contributed by atoms with E-state index >= 15 is 0 Å². The minimum atomic E-state index is -3.23. The summed E-state index contributed by atoms with van der Waals surface area (Å²) in [6.07, 6.45) is 0.604. The third-order valence-corrected chi connectivity index (χ3v) is 4.28. The van der Waals surface area contributed by atoms with Crippen molar-refractivity contribution in [3.8, 4) is 0 Å². The van der Waals surface area contributed by atoms with Gasteiger partial charge in [0.05, 0.1) is 11.3 Å². The molecule has 0 fully saturated rings. The molecule has 0 saturated carbocycles. The quantitative estimate of drug-likeness (QED) is 0.789. The molecule has 5 heteroatoms. The molecule has 0 heterocycles. The molecule has 0 bridgehead atoms. The van der Waals surface area contributed by atoms with Gasteiger partial charge in [-0.15, -0.1) is 0 Å². The Labute approximate surface area is 103 Å². The standard InChI is InChI=1S/C12H20N2O2S/c1-4-9-17(15,16)14-12(2,3)10-5-7-11(13)8-6-10/h5-8,14H,4,9,13H2,1-3H3. The lowest BCUT2D eigenvalue weighted by atomic mass is 9.96. The number of anilines is 1. The van der Waals surface area contributed by atoms with Crippen LogP contribution >= 0.6 is 0 Å². The van der Waals surface area contributed by atoms with E-state index in [0.717, 1.165) is 5.56 Å². The van der Waals surface area contributed by atoms with E-state index in [1.54, 1.807) is 12.1 Å². The summed E-state index contributed by atoms with van der Waals surface area (Å²) in [6, 6.07) is 7.21. The molecule has 0 radical (unpaired) electrons. The highest BCUT2D eigenvalue weighted by Gasteiger charge is 2.25. The van der Waals surface area contributed by atoms with Crippen molar-refractivity contribution in [2.45, 2.75) is 32.7 Å². The van der Waals surface area contributed by atoms with E-state index in [1.165, 1.54) is 0 Å². The highest BCUT2D eigenvalue weighted by Crippen LogP contribution is 2.22. The number of hydrogen-bond acceptors (Lipinski definition) is 3. The maximum atomic E-state index is 11.8. The monoisotopic (exact) mass is 256 g/mol. The number of nitrogen functional groups attached to an aromatic ring is 1. The average Bonchev–Trinajstić information content (AvgIpc) is 2.16. The van der Waals surface area contributed by atoms with Crippen LogP contribution in [0, 0.1) is 0 Å². The summed E-state index contributed by atoms with van der Waals surface area (Å²) in [5.41, 5.74) is 6.55. The molecular formula is C12H20N2O2S. The van der Waals surface area contributed by atoms with Crippen molar-refractivity contribution in [2.75, 3.05) is 11.5 Å². The van der Waals surface area contributed by atoms with Crippen LogP contribution in [0.5, 0.6) is 0 Å². The van der Waals surface area contributed by atoms with E-state index in [9.17, 15) is 8.42 Å². The van der Waals surface area contributed by atoms with E-state index in [0.29, 0.717) is 12.1 Å². The first-order valence-corrected chi connectivity index (χ1v) is 7.30. The first kappa shape index (κ1) is 14.0. The fourth-order valence-electron chi connectivity index (χ4n) is 1.67. The van der Waals surface area contributed by atoms with Crippen molar-refractivity contribution in [1.82, 2.24) is 4.72 Å². The van der Waals surface area contributed by atoms with Gasteiger partial charge >= 0.3 is 0 Å². The summed E-state index contributed by atoms with van der Waals surface area (Å²) in [5.74, 6) is 0.144. The molecule has 3 N–H and O–H groups in total. The number of benzene rings is 1. The number of hydrogen-bond donors (Lipinski definition) is 2. The van der Waals surface area contributed by atoms with Gasteiger partial charge in [-0.25, -0.2) is 13.1 Å². The van der Waals surface area contributed by atoms with Gasteiger partial charge in [0.15, 0.2) is 0 Å². The van der Waals surface area contributed by atoms with Crippen LogP contribution in [0.3, 0.4) is 0 Å². The molecule has 0 atom stereocenters. The predicted octanol–water partition coefficient (Wildman–Crippen LogP) is 1.83. The molecule has 0 aliphatic rings. The topological polar surface area (TPSA) is 72.2 Å². The average molecular weight is 256 g/mol. The van der Waals surface area contributed by atoms with E-state index in [2.05, 4.69) is 4.72 Å². The summed E-state index contributed by atoms with van der Waals surface area (Å²) >= 11 is 0. The molecule has 0 saturated heterocycles. The second kappa shape index (κ2) is 5.06. The van der Waals surface area contributed by atoms with Crippen LogP contribution in [0.1, 0.15) is 32.8 Å². The van der Waals surface area contributed by atoms with E-state index < -0.39 is 15.6 Å². The maximum absolute atomic E-state index is 11.8. The molecular weight excluding hydrogens is 236 g/mol. The molecule has 0 aliphatic carbocycles. The van der Waals surface area contributed by atoms with Crippen LogP contribution in [-0.4, -0.2) is 14.2 Å². The number of rotatable bonds is 5. The van der Waals surface area contributed by atoms with Gasteiger partial charge < -0.3 is 5.73 Å². The van der Waals surface area contributed by atoms with Gasteiger partial charge in [0, 0.05) is 5.69 Å². The van der Waals surface area contributed by atoms with Crippen molar-refractivity contribution in [1.29, 1.82) is 0 Å². The molecule has 96 valence electrons. The number of nitrogens with two attached hydrogens (primary N) is 1. The van der Waals surface area contributed by atoms with Crippen molar-refractivity contribution in [2.24, 2.45) is 0 Å². The van der Waals surface area contributed by atoms with Crippen LogP contribution in [0.4, 0.5) is 5.69 Å². The molecule has 0 aromatic heterocycles. The van der Waals surface area contributed by atoms with Gasteiger partial charge in [0.1, 0.15) is 0 Å². The Morgan fingerprint density at radius 2 is 1.76 bits per heavy atom. The van der Waals surface area contributed by atoms with Crippen molar-refractivity contribution >= 4 is 15.7 Å². The fourth-order valence-corrected chi connectivity index (χ4v) is 3.20.